The number of hydrogen-bond donors (Lipinski definition) is 1. The van der Waals surface area contributed by atoms with Crippen LogP contribution in [0.5, 0.6) is 5.75 Å². The third-order valence-electron chi connectivity index (χ3n) is 3.50. The summed E-state index contributed by atoms with van der Waals surface area (Å²) in [4.78, 5) is 0. The molecule has 0 aliphatic heterocycles. The summed E-state index contributed by atoms with van der Waals surface area (Å²) in [7, 11) is 0. The highest BCUT2D eigenvalue weighted by molar-refractivity contribution is 6.31. The van der Waals surface area contributed by atoms with Crippen molar-refractivity contribution in [1.29, 1.82) is 0 Å². The number of ether oxygens (including phenoxy) is 1. The molecule has 2 aromatic rings. The molecule has 2 rings (SSSR count). The van der Waals surface area contributed by atoms with Gasteiger partial charge in [0.15, 0.2) is 0 Å². The van der Waals surface area contributed by atoms with Crippen LogP contribution in [0, 0.1) is 13.8 Å². The first-order valence-corrected chi connectivity index (χ1v) is 7.15. The molecular weight excluding hydrogens is 270 g/mol. The standard InChI is InChI=1S/C17H20ClNO/c1-4-20-14-7-5-13(6-8-14)17(19)15-9-11(2)12(3)10-16(15)18/h5-10,17H,4,19H2,1-3H3. The highest BCUT2D eigenvalue weighted by Gasteiger charge is 2.14. The maximum atomic E-state index is 6.33. The van der Waals surface area contributed by atoms with E-state index >= 15 is 0 Å². The fraction of sp³-hybridized carbons (Fsp3) is 0.294. The SMILES string of the molecule is CCOc1ccc(C(N)c2cc(C)c(C)cc2Cl)cc1. The molecule has 2 nitrogen and oxygen atoms in total. The normalized spacial score (nSPS) is 12.2. The lowest BCUT2D eigenvalue weighted by Crippen LogP contribution is -2.13. The van der Waals surface area contributed by atoms with Gasteiger partial charge in [-0.1, -0.05) is 29.8 Å². The molecule has 2 aromatic carbocycles. The van der Waals surface area contributed by atoms with E-state index in [1.807, 2.05) is 44.2 Å². The van der Waals surface area contributed by atoms with Crippen molar-refractivity contribution < 1.29 is 4.74 Å². The largest absolute Gasteiger partial charge is 0.494 e. The molecule has 3 heteroatoms. The quantitative estimate of drug-likeness (QED) is 0.905. The minimum absolute atomic E-state index is 0.225. The zero-order valence-corrected chi connectivity index (χ0v) is 12.9. The Morgan fingerprint density at radius 1 is 1.10 bits per heavy atom. The van der Waals surface area contributed by atoms with E-state index < -0.39 is 0 Å². The van der Waals surface area contributed by atoms with Gasteiger partial charge in [-0.05, 0) is 61.2 Å². The van der Waals surface area contributed by atoms with Crippen molar-refractivity contribution in [2.45, 2.75) is 26.8 Å². The monoisotopic (exact) mass is 289 g/mol. The Bertz CT molecular complexity index is 593. The number of nitrogens with two attached hydrogens (primary N) is 1. The van der Waals surface area contributed by atoms with Gasteiger partial charge in [0.25, 0.3) is 0 Å². The Morgan fingerprint density at radius 2 is 1.70 bits per heavy atom. The van der Waals surface area contributed by atoms with Crippen LogP contribution in [-0.4, -0.2) is 6.61 Å². The Hall–Kier alpha value is -1.51. The molecule has 0 aromatic heterocycles. The smallest absolute Gasteiger partial charge is 0.119 e. The second kappa shape index (κ2) is 6.29. The van der Waals surface area contributed by atoms with Crippen molar-refractivity contribution in [3.05, 3.63) is 63.7 Å². The Labute approximate surface area is 125 Å². The highest BCUT2D eigenvalue weighted by Crippen LogP contribution is 2.29. The summed E-state index contributed by atoms with van der Waals surface area (Å²) in [5.74, 6) is 0.856. The highest BCUT2D eigenvalue weighted by atomic mass is 35.5. The van der Waals surface area contributed by atoms with E-state index in [4.69, 9.17) is 22.1 Å². The lowest BCUT2D eigenvalue weighted by Gasteiger charge is -2.16. The minimum atomic E-state index is -0.225. The average molecular weight is 290 g/mol. The van der Waals surface area contributed by atoms with Gasteiger partial charge in [0.2, 0.25) is 0 Å². The Kier molecular flexibility index (Phi) is 4.69. The average Bonchev–Trinajstić information content (AvgIpc) is 2.43. The third-order valence-corrected chi connectivity index (χ3v) is 3.83. The third kappa shape index (κ3) is 3.14. The molecule has 0 saturated heterocycles. The molecule has 0 fully saturated rings. The van der Waals surface area contributed by atoms with E-state index in [9.17, 15) is 0 Å². The summed E-state index contributed by atoms with van der Waals surface area (Å²) >= 11 is 6.32. The van der Waals surface area contributed by atoms with Crippen LogP contribution >= 0.6 is 11.6 Å². The van der Waals surface area contributed by atoms with E-state index in [1.165, 1.54) is 11.1 Å². The van der Waals surface area contributed by atoms with Crippen molar-refractivity contribution in [1.82, 2.24) is 0 Å². The molecule has 1 atom stereocenters. The molecule has 20 heavy (non-hydrogen) atoms. The van der Waals surface area contributed by atoms with E-state index in [1.54, 1.807) is 0 Å². The van der Waals surface area contributed by atoms with Crippen LogP contribution in [0.1, 0.15) is 35.2 Å². The van der Waals surface area contributed by atoms with Crippen molar-refractivity contribution in [3.8, 4) is 5.75 Å². The summed E-state index contributed by atoms with van der Waals surface area (Å²) in [5.41, 5.74) is 10.7. The van der Waals surface area contributed by atoms with Gasteiger partial charge in [-0.2, -0.15) is 0 Å². The van der Waals surface area contributed by atoms with E-state index in [-0.39, 0.29) is 6.04 Å². The molecule has 0 aliphatic rings. The zero-order chi connectivity index (χ0) is 14.7. The van der Waals surface area contributed by atoms with Crippen LogP contribution in [0.2, 0.25) is 5.02 Å². The first kappa shape index (κ1) is 14.9. The van der Waals surface area contributed by atoms with Crippen molar-refractivity contribution in [2.24, 2.45) is 5.73 Å². The molecule has 0 saturated carbocycles. The van der Waals surface area contributed by atoms with Gasteiger partial charge in [0, 0.05) is 5.02 Å². The maximum absolute atomic E-state index is 6.33. The van der Waals surface area contributed by atoms with Crippen LogP contribution in [0.4, 0.5) is 0 Å². The molecule has 2 N–H and O–H groups in total. The van der Waals surface area contributed by atoms with Gasteiger partial charge < -0.3 is 10.5 Å². The van der Waals surface area contributed by atoms with E-state index in [0.717, 1.165) is 21.9 Å². The van der Waals surface area contributed by atoms with Crippen LogP contribution in [0.25, 0.3) is 0 Å². The molecule has 0 heterocycles. The first-order chi connectivity index (χ1) is 9.52. The predicted molar refractivity (Wildman–Crippen MR) is 84.6 cm³/mol. The van der Waals surface area contributed by atoms with Crippen LogP contribution < -0.4 is 10.5 Å². The minimum Gasteiger partial charge on any atom is -0.494 e. The molecule has 0 radical (unpaired) electrons. The summed E-state index contributed by atoms with van der Waals surface area (Å²) in [5, 5.41) is 0.717. The topological polar surface area (TPSA) is 35.2 Å². The van der Waals surface area contributed by atoms with Crippen LogP contribution in [-0.2, 0) is 0 Å². The molecule has 0 amide bonds. The van der Waals surface area contributed by atoms with Crippen molar-refractivity contribution in [3.63, 3.8) is 0 Å². The lowest BCUT2D eigenvalue weighted by molar-refractivity contribution is 0.340. The van der Waals surface area contributed by atoms with Crippen molar-refractivity contribution >= 4 is 11.6 Å². The Morgan fingerprint density at radius 3 is 2.30 bits per heavy atom. The molecule has 106 valence electrons. The molecule has 0 aliphatic carbocycles. The molecule has 0 spiro atoms. The van der Waals surface area contributed by atoms with Gasteiger partial charge in [-0.3, -0.25) is 0 Å². The van der Waals surface area contributed by atoms with Crippen LogP contribution in [0.15, 0.2) is 36.4 Å². The number of rotatable bonds is 4. The van der Waals surface area contributed by atoms with E-state index in [2.05, 4.69) is 13.0 Å². The second-order valence-corrected chi connectivity index (χ2v) is 5.34. The Balaban J connectivity index is 2.31. The molecular formula is C17H20ClNO. The van der Waals surface area contributed by atoms with Crippen LogP contribution in [0.3, 0.4) is 0 Å². The molecule has 1 unspecified atom stereocenters. The van der Waals surface area contributed by atoms with Gasteiger partial charge >= 0.3 is 0 Å². The fourth-order valence-corrected chi connectivity index (χ4v) is 2.49. The van der Waals surface area contributed by atoms with Gasteiger partial charge in [0.1, 0.15) is 5.75 Å². The number of aryl methyl sites for hydroxylation is 2. The second-order valence-electron chi connectivity index (χ2n) is 4.94. The number of hydrogen-bond acceptors (Lipinski definition) is 2. The van der Waals surface area contributed by atoms with Gasteiger partial charge in [-0.15, -0.1) is 0 Å². The number of halogens is 1. The lowest BCUT2D eigenvalue weighted by atomic mass is 9.96. The summed E-state index contributed by atoms with van der Waals surface area (Å²) in [6.45, 7) is 6.75. The summed E-state index contributed by atoms with van der Waals surface area (Å²) in [6, 6.07) is 11.7. The maximum Gasteiger partial charge on any atom is 0.119 e. The van der Waals surface area contributed by atoms with Gasteiger partial charge in [-0.25, -0.2) is 0 Å². The molecule has 0 bridgehead atoms. The predicted octanol–water partition coefficient (Wildman–Crippen LogP) is 4.40. The zero-order valence-electron chi connectivity index (χ0n) is 12.1. The fourth-order valence-electron chi connectivity index (χ4n) is 2.16. The van der Waals surface area contributed by atoms with Crippen molar-refractivity contribution in [2.75, 3.05) is 6.61 Å². The number of benzene rings is 2. The van der Waals surface area contributed by atoms with Gasteiger partial charge in [0.05, 0.1) is 12.6 Å². The summed E-state index contributed by atoms with van der Waals surface area (Å²) < 4.78 is 5.44. The summed E-state index contributed by atoms with van der Waals surface area (Å²) in [6.07, 6.45) is 0. The van der Waals surface area contributed by atoms with E-state index in [0.29, 0.717) is 6.61 Å². The first-order valence-electron chi connectivity index (χ1n) is 6.78.